The summed E-state index contributed by atoms with van der Waals surface area (Å²) < 4.78 is 21.9. The highest BCUT2D eigenvalue weighted by atomic mass is 32.2. The SMILES string of the molecule is CS(=O)(=O)CNC[C@@H](O)CN1[C@@H]2CCC[C@H]1CC2. The van der Waals surface area contributed by atoms with E-state index in [1.54, 1.807) is 0 Å². The van der Waals surface area contributed by atoms with Gasteiger partial charge in [0.25, 0.3) is 0 Å². The van der Waals surface area contributed by atoms with Crippen molar-refractivity contribution in [2.45, 2.75) is 50.3 Å². The second-order valence-electron chi connectivity index (χ2n) is 5.69. The van der Waals surface area contributed by atoms with Gasteiger partial charge in [-0.15, -0.1) is 0 Å². The van der Waals surface area contributed by atoms with Crippen LogP contribution in [0.2, 0.25) is 0 Å². The molecule has 2 fully saturated rings. The van der Waals surface area contributed by atoms with E-state index in [9.17, 15) is 13.5 Å². The van der Waals surface area contributed by atoms with E-state index < -0.39 is 15.9 Å². The zero-order chi connectivity index (χ0) is 13.2. The fourth-order valence-corrected chi connectivity index (χ4v) is 3.73. The standard InChI is InChI=1S/C12H24N2O3S/c1-18(16,17)9-13-7-12(15)8-14-10-3-2-4-11(14)6-5-10/h10-13,15H,2-9H2,1H3/t10-,11+,12-/m1/s1. The Morgan fingerprint density at radius 2 is 1.89 bits per heavy atom. The van der Waals surface area contributed by atoms with Crippen molar-refractivity contribution in [1.82, 2.24) is 10.2 Å². The van der Waals surface area contributed by atoms with Crippen LogP contribution in [0.4, 0.5) is 0 Å². The fraction of sp³-hybridized carbons (Fsp3) is 1.00. The second kappa shape index (κ2) is 5.86. The molecular weight excluding hydrogens is 252 g/mol. The van der Waals surface area contributed by atoms with Gasteiger partial charge in [-0.05, 0) is 25.7 Å². The number of sulfone groups is 1. The molecule has 106 valence electrons. The highest BCUT2D eigenvalue weighted by Gasteiger charge is 2.36. The number of piperidine rings is 1. The third kappa shape index (κ3) is 3.91. The quantitative estimate of drug-likeness (QED) is 0.712. The van der Waals surface area contributed by atoms with Crippen molar-refractivity contribution in [2.24, 2.45) is 0 Å². The van der Waals surface area contributed by atoms with E-state index in [0.717, 1.165) is 0 Å². The Bertz CT molecular complexity index is 356. The van der Waals surface area contributed by atoms with Crippen molar-refractivity contribution in [3.63, 3.8) is 0 Å². The highest BCUT2D eigenvalue weighted by molar-refractivity contribution is 7.90. The van der Waals surface area contributed by atoms with E-state index in [-0.39, 0.29) is 5.88 Å². The summed E-state index contributed by atoms with van der Waals surface area (Å²) in [6.45, 7) is 1.02. The van der Waals surface area contributed by atoms with Crippen molar-refractivity contribution >= 4 is 9.84 Å². The van der Waals surface area contributed by atoms with Crippen LogP contribution in [0, 0.1) is 0 Å². The van der Waals surface area contributed by atoms with E-state index in [0.29, 0.717) is 25.2 Å². The minimum Gasteiger partial charge on any atom is -0.390 e. The summed E-state index contributed by atoms with van der Waals surface area (Å²) in [5.74, 6) is -0.0586. The van der Waals surface area contributed by atoms with Crippen LogP contribution in [0.3, 0.4) is 0 Å². The number of nitrogens with zero attached hydrogens (tertiary/aromatic N) is 1. The largest absolute Gasteiger partial charge is 0.390 e. The fourth-order valence-electron chi connectivity index (χ4n) is 3.24. The molecule has 2 saturated heterocycles. The van der Waals surface area contributed by atoms with Crippen LogP contribution in [0.5, 0.6) is 0 Å². The number of rotatable bonds is 6. The Balaban J connectivity index is 1.72. The first-order chi connectivity index (χ1) is 8.46. The predicted molar refractivity (Wildman–Crippen MR) is 71.1 cm³/mol. The molecule has 2 rings (SSSR count). The molecular formula is C12H24N2O3S. The summed E-state index contributed by atoms with van der Waals surface area (Å²) in [5.41, 5.74) is 0. The van der Waals surface area contributed by atoms with E-state index in [1.165, 1.54) is 38.4 Å². The van der Waals surface area contributed by atoms with Gasteiger partial charge in [-0.2, -0.15) is 0 Å². The van der Waals surface area contributed by atoms with Gasteiger partial charge in [0.1, 0.15) is 0 Å². The van der Waals surface area contributed by atoms with Crippen LogP contribution in [0.15, 0.2) is 0 Å². The molecule has 0 radical (unpaired) electrons. The van der Waals surface area contributed by atoms with Gasteiger partial charge in [0.05, 0.1) is 12.0 Å². The molecule has 0 amide bonds. The van der Waals surface area contributed by atoms with Gasteiger partial charge < -0.3 is 10.4 Å². The minimum absolute atomic E-state index is 0.0586. The molecule has 2 N–H and O–H groups in total. The summed E-state index contributed by atoms with van der Waals surface area (Å²) in [7, 11) is -3.00. The molecule has 2 aliphatic rings. The predicted octanol–water partition coefficient (Wildman–Crippen LogP) is -0.0441. The molecule has 18 heavy (non-hydrogen) atoms. The second-order valence-corrected chi connectivity index (χ2v) is 7.83. The lowest BCUT2D eigenvalue weighted by Gasteiger charge is -2.36. The molecule has 0 aromatic carbocycles. The molecule has 3 atom stereocenters. The number of hydrogen-bond donors (Lipinski definition) is 2. The van der Waals surface area contributed by atoms with Crippen molar-refractivity contribution in [2.75, 3.05) is 25.2 Å². The van der Waals surface area contributed by atoms with Gasteiger partial charge in [-0.25, -0.2) is 8.42 Å². The zero-order valence-corrected chi connectivity index (χ0v) is 11.8. The van der Waals surface area contributed by atoms with Crippen LogP contribution in [0.1, 0.15) is 32.1 Å². The van der Waals surface area contributed by atoms with Gasteiger partial charge in [0, 0.05) is 31.4 Å². The number of aliphatic hydroxyl groups excluding tert-OH is 1. The maximum Gasteiger partial charge on any atom is 0.160 e. The Labute approximate surface area is 109 Å². The smallest absolute Gasteiger partial charge is 0.160 e. The summed E-state index contributed by atoms with van der Waals surface area (Å²) in [5, 5.41) is 12.8. The van der Waals surface area contributed by atoms with E-state index in [2.05, 4.69) is 10.2 Å². The van der Waals surface area contributed by atoms with Gasteiger partial charge in [0.2, 0.25) is 0 Å². The Morgan fingerprint density at radius 1 is 1.28 bits per heavy atom. The topological polar surface area (TPSA) is 69.6 Å². The van der Waals surface area contributed by atoms with Crippen LogP contribution >= 0.6 is 0 Å². The molecule has 2 bridgehead atoms. The molecule has 0 spiro atoms. The lowest BCUT2D eigenvalue weighted by atomic mass is 10.0. The Morgan fingerprint density at radius 3 is 2.44 bits per heavy atom. The molecule has 5 nitrogen and oxygen atoms in total. The normalized spacial score (nSPS) is 30.6. The van der Waals surface area contributed by atoms with Crippen LogP contribution in [0.25, 0.3) is 0 Å². The molecule has 6 heteroatoms. The van der Waals surface area contributed by atoms with Crippen molar-refractivity contribution < 1.29 is 13.5 Å². The summed E-state index contributed by atoms with van der Waals surface area (Å²) in [6, 6.07) is 1.29. The monoisotopic (exact) mass is 276 g/mol. The highest BCUT2D eigenvalue weighted by Crippen LogP contribution is 2.35. The molecule has 0 aliphatic carbocycles. The third-order valence-electron chi connectivity index (χ3n) is 4.01. The number of hydrogen-bond acceptors (Lipinski definition) is 5. The summed E-state index contributed by atoms with van der Waals surface area (Å²) in [4.78, 5) is 2.43. The summed E-state index contributed by atoms with van der Waals surface area (Å²) in [6.07, 6.45) is 7.04. The first kappa shape index (κ1) is 14.2. The lowest BCUT2D eigenvalue weighted by molar-refractivity contribution is 0.0629. The number of aliphatic hydroxyl groups is 1. The van der Waals surface area contributed by atoms with Crippen molar-refractivity contribution in [3.8, 4) is 0 Å². The molecule has 2 heterocycles. The van der Waals surface area contributed by atoms with Gasteiger partial charge in [-0.3, -0.25) is 4.90 Å². The van der Waals surface area contributed by atoms with E-state index in [4.69, 9.17) is 0 Å². The van der Waals surface area contributed by atoms with Crippen LogP contribution < -0.4 is 5.32 Å². The molecule has 0 saturated carbocycles. The Kier molecular flexibility index (Phi) is 4.64. The zero-order valence-electron chi connectivity index (χ0n) is 11.0. The van der Waals surface area contributed by atoms with Crippen molar-refractivity contribution in [3.05, 3.63) is 0 Å². The van der Waals surface area contributed by atoms with Gasteiger partial charge in [-0.1, -0.05) is 6.42 Å². The minimum atomic E-state index is -3.00. The summed E-state index contributed by atoms with van der Waals surface area (Å²) >= 11 is 0. The number of nitrogens with one attached hydrogen (secondary N) is 1. The Hall–Kier alpha value is -0.170. The third-order valence-corrected chi connectivity index (χ3v) is 4.74. The maximum absolute atomic E-state index is 11.0. The van der Waals surface area contributed by atoms with Crippen LogP contribution in [-0.4, -0.2) is 61.8 Å². The number of fused-ring (bicyclic) bond motifs is 2. The van der Waals surface area contributed by atoms with E-state index in [1.807, 2.05) is 0 Å². The molecule has 2 aliphatic heterocycles. The van der Waals surface area contributed by atoms with Gasteiger partial charge >= 0.3 is 0 Å². The first-order valence-electron chi connectivity index (χ1n) is 6.78. The average Bonchev–Trinajstić information content (AvgIpc) is 2.49. The average molecular weight is 276 g/mol. The van der Waals surface area contributed by atoms with Gasteiger partial charge in [0.15, 0.2) is 9.84 Å². The first-order valence-corrected chi connectivity index (χ1v) is 8.84. The molecule has 0 unspecified atom stereocenters. The molecule has 0 aromatic rings. The van der Waals surface area contributed by atoms with Crippen LogP contribution in [-0.2, 0) is 9.84 Å². The maximum atomic E-state index is 11.0. The lowest BCUT2D eigenvalue weighted by Crippen LogP contribution is -2.46. The van der Waals surface area contributed by atoms with Crippen molar-refractivity contribution in [1.29, 1.82) is 0 Å². The van der Waals surface area contributed by atoms with E-state index >= 15 is 0 Å². The molecule has 0 aromatic heterocycles.